The van der Waals surface area contributed by atoms with Gasteiger partial charge in [-0.1, -0.05) is 6.07 Å². The Morgan fingerprint density at radius 1 is 1.09 bits per heavy atom. The predicted molar refractivity (Wildman–Crippen MR) is 74.0 cm³/mol. The first kappa shape index (κ1) is 12.8. The molecule has 2 N–H and O–H groups in total. The number of hydrogen-bond acceptors (Lipinski definition) is 3. The smallest absolute Gasteiger partial charge is 0.343 e. The average Bonchev–Trinajstić information content (AvgIpc) is 3.13. The minimum absolute atomic E-state index is 0.0390. The highest BCUT2D eigenvalue weighted by molar-refractivity contribution is 5.93. The molecule has 0 bridgehead atoms. The fourth-order valence-corrected chi connectivity index (χ4v) is 2.41. The molecule has 8 heteroatoms. The number of halogens is 3. The summed E-state index contributed by atoms with van der Waals surface area (Å²) in [5.74, 6) is 0. The second-order valence-corrected chi connectivity index (χ2v) is 4.83. The second kappa shape index (κ2) is 4.30. The molecule has 3 aromatic heterocycles. The third-order valence-electron chi connectivity index (χ3n) is 3.44. The van der Waals surface area contributed by atoms with Crippen LogP contribution < -0.4 is 0 Å². The van der Waals surface area contributed by atoms with E-state index in [-0.39, 0.29) is 5.65 Å². The van der Waals surface area contributed by atoms with Gasteiger partial charge in [-0.2, -0.15) is 18.3 Å². The van der Waals surface area contributed by atoms with Crippen LogP contribution >= 0.6 is 0 Å². The fraction of sp³-hybridized carbons (Fsp3) is 0.0714. The average molecular weight is 303 g/mol. The number of nitrogens with zero attached hydrogens (tertiary/aromatic N) is 3. The summed E-state index contributed by atoms with van der Waals surface area (Å²) in [6, 6.07) is 6.31. The molecule has 22 heavy (non-hydrogen) atoms. The lowest BCUT2D eigenvalue weighted by molar-refractivity contribution is -0.140. The van der Waals surface area contributed by atoms with Gasteiger partial charge in [-0.25, -0.2) is 9.97 Å². The van der Waals surface area contributed by atoms with Crippen molar-refractivity contribution >= 4 is 22.1 Å². The van der Waals surface area contributed by atoms with Gasteiger partial charge in [0.1, 0.15) is 5.69 Å². The van der Waals surface area contributed by atoms with E-state index in [0.717, 1.165) is 17.0 Å². The maximum absolute atomic E-state index is 13.0. The Balaban J connectivity index is 2.01. The molecular formula is C14H8F3N5. The van der Waals surface area contributed by atoms with Gasteiger partial charge in [0.05, 0.1) is 23.6 Å². The number of imidazole rings is 1. The van der Waals surface area contributed by atoms with E-state index < -0.39 is 11.9 Å². The SMILES string of the molecule is FC(F)(F)c1cc(-c2ccc3[nH]ncc3c2)c2[nH]cnc2n1. The van der Waals surface area contributed by atoms with E-state index in [9.17, 15) is 13.2 Å². The highest BCUT2D eigenvalue weighted by Gasteiger charge is 2.34. The van der Waals surface area contributed by atoms with E-state index in [0.29, 0.717) is 16.6 Å². The summed E-state index contributed by atoms with van der Waals surface area (Å²) < 4.78 is 39.0. The van der Waals surface area contributed by atoms with Gasteiger partial charge >= 0.3 is 6.18 Å². The maximum atomic E-state index is 13.0. The number of H-pyrrole nitrogens is 2. The minimum atomic E-state index is -4.53. The van der Waals surface area contributed by atoms with E-state index in [1.54, 1.807) is 24.4 Å². The molecule has 0 radical (unpaired) electrons. The maximum Gasteiger partial charge on any atom is 0.433 e. The van der Waals surface area contributed by atoms with Crippen molar-refractivity contribution in [3.8, 4) is 11.1 Å². The summed E-state index contributed by atoms with van der Waals surface area (Å²) in [4.78, 5) is 10.2. The van der Waals surface area contributed by atoms with Gasteiger partial charge in [0, 0.05) is 10.9 Å². The Labute approximate surface area is 121 Å². The lowest BCUT2D eigenvalue weighted by Crippen LogP contribution is -2.08. The third-order valence-corrected chi connectivity index (χ3v) is 3.44. The molecule has 0 fully saturated rings. The standard InChI is InChI=1S/C14H8F3N5/c15-14(16,17)11-4-9(12-13(21-11)19-6-18-12)7-1-2-10-8(3-7)5-20-22-10/h1-6H,(H,20,22)(H,18,19,21). The highest BCUT2D eigenvalue weighted by Crippen LogP contribution is 2.34. The van der Waals surface area contributed by atoms with E-state index >= 15 is 0 Å². The van der Waals surface area contributed by atoms with Crippen LogP contribution in [0.1, 0.15) is 5.69 Å². The Bertz CT molecular complexity index is 983. The van der Waals surface area contributed by atoms with Gasteiger partial charge in [0.25, 0.3) is 0 Å². The van der Waals surface area contributed by atoms with E-state index in [1.165, 1.54) is 6.33 Å². The number of fused-ring (bicyclic) bond motifs is 2. The summed E-state index contributed by atoms with van der Waals surface area (Å²) in [7, 11) is 0. The van der Waals surface area contributed by atoms with Gasteiger partial charge in [0.15, 0.2) is 5.65 Å². The first-order valence-electron chi connectivity index (χ1n) is 6.37. The van der Waals surface area contributed by atoms with Crippen molar-refractivity contribution in [3.63, 3.8) is 0 Å². The number of alkyl halides is 3. The zero-order valence-electron chi connectivity index (χ0n) is 10.9. The van der Waals surface area contributed by atoms with Crippen molar-refractivity contribution in [1.29, 1.82) is 0 Å². The second-order valence-electron chi connectivity index (χ2n) is 4.83. The Morgan fingerprint density at radius 2 is 1.95 bits per heavy atom. The normalized spacial score (nSPS) is 12.3. The zero-order chi connectivity index (χ0) is 15.3. The van der Waals surface area contributed by atoms with E-state index in [1.807, 2.05) is 0 Å². The topological polar surface area (TPSA) is 70.2 Å². The van der Waals surface area contributed by atoms with Crippen LogP contribution in [0.25, 0.3) is 33.2 Å². The summed E-state index contributed by atoms with van der Waals surface area (Å²) >= 11 is 0. The van der Waals surface area contributed by atoms with Crippen LogP contribution in [0, 0.1) is 0 Å². The first-order chi connectivity index (χ1) is 10.5. The largest absolute Gasteiger partial charge is 0.433 e. The van der Waals surface area contributed by atoms with Crippen molar-refractivity contribution < 1.29 is 13.2 Å². The summed E-state index contributed by atoms with van der Waals surface area (Å²) in [5.41, 5.74) is 1.39. The number of benzene rings is 1. The van der Waals surface area contributed by atoms with Gasteiger partial charge in [-0.15, -0.1) is 0 Å². The van der Waals surface area contributed by atoms with Crippen molar-refractivity contribution in [2.75, 3.05) is 0 Å². The molecule has 0 unspecified atom stereocenters. The molecule has 0 saturated heterocycles. The molecule has 0 atom stereocenters. The number of pyridine rings is 1. The Kier molecular flexibility index (Phi) is 2.50. The Hall–Kier alpha value is -2.90. The molecule has 4 aromatic rings. The van der Waals surface area contributed by atoms with Crippen molar-refractivity contribution in [2.24, 2.45) is 0 Å². The van der Waals surface area contributed by atoms with Crippen LogP contribution in [0.15, 0.2) is 36.8 Å². The number of aromatic amines is 2. The molecular weight excluding hydrogens is 295 g/mol. The predicted octanol–water partition coefficient (Wildman–Crippen LogP) is 3.52. The molecule has 4 rings (SSSR count). The quantitative estimate of drug-likeness (QED) is 0.565. The summed E-state index contributed by atoms with van der Waals surface area (Å²) in [6.07, 6.45) is -1.58. The molecule has 0 spiro atoms. The number of hydrogen-bond donors (Lipinski definition) is 2. The summed E-state index contributed by atoms with van der Waals surface area (Å²) in [5, 5.41) is 7.53. The van der Waals surface area contributed by atoms with Crippen LogP contribution in [0.2, 0.25) is 0 Å². The molecule has 0 amide bonds. The van der Waals surface area contributed by atoms with Gasteiger partial charge in [0.2, 0.25) is 0 Å². The van der Waals surface area contributed by atoms with Crippen molar-refractivity contribution in [2.45, 2.75) is 6.18 Å². The number of nitrogens with one attached hydrogen (secondary N) is 2. The molecule has 0 saturated carbocycles. The molecule has 1 aromatic carbocycles. The molecule has 3 heterocycles. The Morgan fingerprint density at radius 3 is 2.77 bits per heavy atom. The van der Waals surface area contributed by atoms with Crippen molar-refractivity contribution in [3.05, 3.63) is 42.5 Å². The number of aromatic nitrogens is 5. The molecule has 0 aliphatic rings. The van der Waals surface area contributed by atoms with Crippen LogP contribution in [-0.4, -0.2) is 25.1 Å². The van der Waals surface area contributed by atoms with Gasteiger partial charge in [-0.05, 0) is 23.8 Å². The number of rotatable bonds is 1. The van der Waals surface area contributed by atoms with Crippen LogP contribution in [0.4, 0.5) is 13.2 Å². The fourth-order valence-electron chi connectivity index (χ4n) is 2.41. The zero-order valence-corrected chi connectivity index (χ0v) is 10.9. The van der Waals surface area contributed by atoms with Crippen LogP contribution in [-0.2, 0) is 6.18 Å². The minimum Gasteiger partial charge on any atom is -0.343 e. The van der Waals surface area contributed by atoms with Crippen molar-refractivity contribution in [1.82, 2.24) is 25.1 Å². The third kappa shape index (κ3) is 1.92. The van der Waals surface area contributed by atoms with E-state index in [4.69, 9.17) is 0 Å². The molecule has 0 aliphatic carbocycles. The highest BCUT2D eigenvalue weighted by atomic mass is 19.4. The van der Waals surface area contributed by atoms with E-state index in [2.05, 4.69) is 25.1 Å². The molecule has 110 valence electrons. The molecule has 5 nitrogen and oxygen atoms in total. The van der Waals surface area contributed by atoms with Crippen LogP contribution in [0.5, 0.6) is 0 Å². The van der Waals surface area contributed by atoms with Gasteiger partial charge < -0.3 is 4.98 Å². The lowest BCUT2D eigenvalue weighted by atomic mass is 10.0. The monoisotopic (exact) mass is 303 g/mol. The van der Waals surface area contributed by atoms with Gasteiger partial charge in [-0.3, -0.25) is 5.10 Å². The summed E-state index contributed by atoms with van der Waals surface area (Å²) in [6.45, 7) is 0. The van der Waals surface area contributed by atoms with Crippen LogP contribution in [0.3, 0.4) is 0 Å². The molecule has 0 aliphatic heterocycles. The first-order valence-corrected chi connectivity index (χ1v) is 6.37. The lowest BCUT2D eigenvalue weighted by Gasteiger charge is -2.09.